The molecule has 116 valence electrons. The Morgan fingerprint density at radius 2 is 1.71 bits per heavy atom. The topological polar surface area (TPSA) is 70.2 Å². The lowest BCUT2D eigenvalue weighted by atomic mass is 10.1. The molecule has 0 saturated carbocycles. The van der Waals surface area contributed by atoms with E-state index in [2.05, 4.69) is 16.0 Å². The molecule has 1 rings (SSSR count). The Hall–Kier alpha value is -2.18. The zero-order valence-corrected chi connectivity index (χ0v) is 12.1. The molecule has 0 aliphatic heterocycles. The molecule has 0 bridgehead atoms. The Kier molecular flexibility index (Phi) is 6.58. The number of carbonyl (C=O) groups is 2. The van der Waals surface area contributed by atoms with Crippen LogP contribution in [0.15, 0.2) is 12.1 Å². The molecular weight excluding hydrogens is 280 g/mol. The van der Waals surface area contributed by atoms with Gasteiger partial charge in [0.2, 0.25) is 5.91 Å². The molecule has 0 spiro atoms. The van der Waals surface area contributed by atoms with E-state index in [4.69, 9.17) is 0 Å². The Morgan fingerprint density at radius 1 is 1.10 bits per heavy atom. The lowest BCUT2D eigenvalue weighted by Crippen LogP contribution is -2.36. The summed E-state index contributed by atoms with van der Waals surface area (Å²) in [6.07, 6.45) is 0.716. The number of halogens is 2. The average molecular weight is 299 g/mol. The third-order valence-electron chi connectivity index (χ3n) is 2.64. The van der Waals surface area contributed by atoms with Crippen molar-refractivity contribution in [3.8, 4) is 0 Å². The van der Waals surface area contributed by atoms with Crippen molar-refractivity contribution in [1.82, 2.24) is 10.6 Å². The van der Waals surface area contributed by atoms with E-state index in [1.165, 1.54) is 0 Å². The van der Waals surface area contributed by atoms with Crippen molar-refractivity contribution in [2.45, 2.75) is 20.3 Å². The maximum absolute atomic E-state index is 13.8. The summed E-state index contributed by atoms with van der Waals surface area (Å²) in [5.41, 5.74) is -0.423. The highest BCUT2D eigenvalue weighted by molar-refractivity contribution is 5.96. The Labute approximate surface area is 122 Å². The molecule has 0 saturated heterocycles. The molecule has 0 aliphatic carbocycles. The largest absolute Gasteiger partial charge is 0.380 e. The minimum Gasteiger partial charge on any atom is -0.380 e. The molecule has 0 aromatic heterocycles. The molecule has 0 aliphatic rings. The highest BCUT2D eigenvalue weighted by Gasteiger charge is 2.15. The molecule has 21 heavy (non-hydrogen) atoms. The van der Waals surface area contributed by atoms with Crippen LogP contribution in [0.4, 0.5) is 14.5 Å². The molecule has 5 nitrogen and oxygen atoms in total. The third-order valence-corrected chi connectivity index (χ3v) is 2.64. The maximum atomic E-state index is 13.8. The molecule has 1 aromatic carbocycles. The van der Waals surface area contributed by atoms with Crippen LogP contribution in [-0.2, 0) is 4.79 Å². The first kappa shape index (κ1) is 16.9. The number of hydrogen-bond acceptors (Lipinski definition) is 3. The van der Waals surface area contributed by atoms with Gasteiger partial charge in [-0.1, -0.05) is 6.92 Å². The molecule has 1 aromatic rings. The quantitative estimate of drug-likeness (QED) is 0.717. The number of anilines is 1. The maximum Gasteiger partial charge on any atom is 0.251 e. The van der Waals surface area contributed by atoms with Gasteiger partial charge >= 0.3 is 0 Å². The number of rotatable bonds is 7. The summed E-state index contributed by atoms with van der Waals surface area (Å²) in [6, 6.07) is 1.88. The van der Waals surface area contributed by atoms with Crippen LogP contribution >= 0.6 is 0 Å². The predicted molar refractivity (Wildman–Crippen MR) is 76.2 cm³/mol. The van der Waals surface area contributed by atoms with Crippen LogP contribution in [-0.4, -0.2) is 31.4 Å². The predicted octanol–water partition coefficient (Wildman–Crippen LogP) is 1.65. The van der Waals surface area contributed by atoms with E-state index in [9.17, 15) is 18.4 Å². The normalized spacial score (nSPS) is 10.1. The van der Waals surface area contributed by atoms with E-state index in [1.807, 2.05) is 6.92 Å². The summed E-state index contributed by atoms with van der Waals surface area (Å²) in [6.45, 7) is 4.23. The minimum atomic E-state index is -0.841. The van der Waals surface area contributed by atoms with E-state index >= 15 is 0 Å². The molecule has 0 fully saturated rings. The average Bonchev–Trinajstić information content (AvgIpc) is 2.44. The van der Waals surface area contributed by atoms with Gasteiger partial charge in [0.25, 0.3) is 5.91 Å². The molecule has 2 amide bonds. The number of hydrogen-bond donors (Lipinski definition) is 3. The molecule has 7 heteroatoms. The van der Waals surface area contributed by atoms with Gasteiger partial charge in [0.1, 0.15) is 17.3 Å². The number of amides is 2. The smallest absolute Gasteiger partial charge is 0.251 e. The van der Waals surface area contributed by atoms with E-state index < -0.39 is 17.5 Å². The lowest BCUT2D eigenvalue weighted by Gasteiger charge is -2.10. The van der Waals surface area contributed by atoms with Crippen LogP contribution in [0.5, 0.6) is 0 Å². The lowest BCUT2D eigenvalue weighted by molar-refractivity contribution is -0.120. The molecule has 0 unspecified atom stereocenters. The standard InChI is InChI=1S/C14H19F2N3O2/c1-3-5-18-13-10(15)6-9(7-11(13)16)14(21)19-8-12(20)17-4-2/h6-7,18H,3-5,8H2,1-2H3,(H,17,20)(H,19,21). The van der Waals surface area contributed by atoms with Gasteiger partial charge in [-0.2, -0.15) is 0 Å². The zero-order valence-electron chi connectivity index (χ0n) is 12.1. The Bertz CT molecular complexity index is 498. The first-order valence-electron chi connectivity index (χ1n) is 6.77. The summed E-state index contributed by atoms with van der Waals surface area (Å²) in [4.78, 5) is 22.9. The number of benzene rings is 1. The zero-order chi connectivity index (χ0) is 15.8. The van der Waals surface area contributed by atoms with Crippen LogP contribution < -0.4 is 16.0 Å². The first-order chi connectivity index (χ1) is 9.99. The van der Waals surface area contributed by atoms with Crippen LogP contribution in [0.2, 0.25) is 0 Å². The monoisotopic (exact) mass is 299 g/mol. The van der Waals surface area contributed by atoms with E-state index in [0.29, 0.717) is 19.5 Å². The molecule has 0 radical (unpaired) electrons. The summed E-state index contributed by atoms with van der Waals surface area (Å²) in [5.74, 6) is -2.76. The van der Waals surface area contributed by atoms with Crippen LogP contribution in [0, 0.1) is 11.6 Å². The number of carbonyl (C=O) groups excluding carboxylic acids is 2. The second-order valence-electron chi connectivity index (χ2n) is 4.38. The van der Waals surface area contributed by atoms with Gasteiger partial charge in [-0.05, 0) is 25.5 Å². The van der Waals surface area contributed by atoms with Gasteiger partial charge < -0.3 is 16.0 Å². The van der Waals surface area contributed by atoms with Gasteiger partial charge in [0.05, 0.1) is 6.54 Å². The SMILES string of the molecule is CCCNc1c(F)cc(C(=O)NCC(=O)NCC)cc1F. The van der Waals surface area contributed by atoms with Crippen molar-refractivity contribution in [1.29, 1.82) is 0 Å². The first-order valence-corrected chi connectivity index (χ1v) is 6.77. The number of nitrogens with one attached hydrogen (secondary N) is 3. The molecule has 0 atom stereocenters. The summed E-state index contributed by atoms with van der Waals surface area (Å²) < 4.78 is 27.5. The van der Waals surface area contributed by atoms with Crippen molar-refractivity contribution in [3.63, 3.8) is 0 Å². The van der Waals surface area contributed by atoms with Crippen LogP contribution in [0.1, 0.15) is 30.6 Å². The molecule has 0 heterocycles. The highest BCUT2D eigenvalue weighted by atomic mass is 19.1. The third kappa shape index (κ3) is 5.02. The van der Waals surface area contributed by atoms with Crippen molar-refractivity contribution in [2.75, 3.05) is 25.0 Å². The fourth-order valence-electron chi connectivity index (χ4n) is 1.65. The van der Waals surface area contributed by atoms with Crippen molar-refractivity contribution in [2.24, 2.45) is 0 Å². The van der Waals surface area contributed by atoms with E-state index in [-0.39, 0.29) is 23.7 Å². The molecular formula is C14H19F2N3O2. The summed E-state index contributed by atoms with van der Waals surface area (Å²) >= 11 is 0. The fraction of sp³-hybridized carbons (Fsp3) is 0.429. The van der Waals surface area contributed by atoms with Gasteiger partial charge in [-0.25, -0.2) is 8.78 Å². The van der Waals surface area contributed by atoms with Gasteiger partial charge in [0, 0.05) is 18.7 Å². The van der Waals surface area contributed by atoms with Crippen molar-refractivity contribution >= 4 is 17.5 Å². The van der Waals surface area contributed by atoms with Crippen molar-refractivity contribution < 1.29 is 18.4 Å². The second-order valence-corrected chi connectivity index (χ2v) is 4.38. The van der Waals surface area contributed by atoms with Crippen LogP contribution in [0.3, 0.4) is 0 Å². The summed E-state index contributed by atoms with van der Waals surface area (Å²) in [7, 11) is 0. The van der Waals surface area contributed by atoms with Gasteiger partial charge in [-0.15, -0.1) is 0 Å². The van der Waals surface area contributed by atoms with Crippen molar-refractivity contribution in [3.05, 3.63) is 29.3 Å². The summed E-state index contributed by atoms with van der Waals surface area (Å²) in [5, 5.41) is 7.41. The Balaban J connectivity index is 2.75. The minimum absolute atomic E-state index is 0.170. The Morgan fingerprint density at radius 3 is 2.24 bits per heavy atom. The van der Waals surface area contributed by atoms with E-state index in [0.717, 1.165) is 12.1 Å². The number of likely N-dealkylation sites (N-methyl/N-ethyl adjacent to an activating group) is 1. The van der Waals surface area contributed by atoms with E-state index in [1.54, 1.807) is 6.92 Å². The van der Waals surface area contributed by atoms with Gasteiger partial charge in [-0.3, -0.25) is 9.59 Å². The second kappa shape index (κ2) is 8.18. The molecule has 3 N–H and O–H groups in total. The fourth-order valence-corrected chi connectivity index (χ4v) is 1.65. The highest BCUT2D eigenvalue weighted by Crippen LogP contribution is 2.20. The van der Waals surface area contributed by atoms with Gasteiger partial charge in [0.15, 0.2) is 0 Å². The van der Waals surface area contributed by atoms with Crippen LogP contribution in [0.25, 0.3) is 0 Å².